The molecule has 214 valence electrons. The maximum absolute atomic E-state index is 14.0. The van der Waals surface area contributed by atoms with Crippen LogP contribution in [-0.4, -0.2) is 44.3 Å². The summed E-state index contributed by atoms with van der Waals surface area (Å²) in [5, 5.41) is 3.64. The van der Waals surface area contributed by atoms with Gasteiger partial charge in [-0.3, -0.25) is 13.9 Å². The predicted molar refractivity (Wildman–Crippen MR) is 161 cm³/mol. The van der Waals surface area contributed by atoms with E-state index in [-0.39, 0.29) is 17.3 Å². The van der Waals surface area contributed by atoms with E-state index in [4.69, 9.17) is 23.2 Å². The van der Waals surface area contributed by atoms with E-state index in [1.807, 2.05) is 26.8 Å². The van der Waals surface area contributed by atoms with Gasteiger partial charge in [-0.15, -0.1) is 0 Å². The number of aryl methyl sites for hydroxylation is 1. The van der Waals surface area contributed by atoms with Gasteiger partial charge in [-0.25, -0.2) is 8.42 Å². The molecule has 0 radical (unpaired) electrons. The van der Waals surface area contributed by atoms with Crippen molar-refractivity contribution in [2.24, 2.45) is 0 Å². The monoisotopic (exact) mass is 603 g/mol. The largest absolute Gasteiger partial charge is 0.354 e. The third-order valence-corrected chi connectivity index (χ3v) is 9.17. The van der Waals surface area contributed by atoms with Crippen molar-refractivity contribution in [2.45, 2.75) is 58.0 Å². The van der Waals surface area contributed by atoms with Crippen LogP contribution < -0.4 is 9.62 Å². The number of amides is 2. The molecule has 2 amide bonds. The van der Waals surface area contributed by atoms with Gasteiger partial charge in [0.25, 0.3) is 10.0 Å². The van der Waals surface area contributed by atoms with Crippen LogP contribution >= 0.6 is 23.2 Å². The van der Waals surface area contributed by atoms with Crippen molar-refractivity contribution in [1.82, 2.24) is 10.2 Å². The van der Waals surface area contributed by atoms with Gasteiger partial charge in [0, 0.05) is 23.1 Å². The highest BCUT2D eigenvalue weighted by atomic mass is 35.5. The molecule has 7 nitrogen and oxygen atoms in total. The molecular weight excluding hydrogens is 569 g/mol. The van der Waals surface area contributed by atoms with E-state index in [1.54, 1.807) is 55.5 Å². The molecule has 0 aliphatic heterocycles. The Morgan fingerprint density at radius 2 is 1.68 bits per heavy atom. The van der Waals surface area contributed by atoms with Crippen LogP contribution in [0.1, 0.15) is 43.4 Å². The maximum Gasteiger partial charge on any atom is 0.264 e. The maximum atomic E-state index is 14.0. The second kappa shape index (κ2) is 14.0. The Morgan fingerprint density at radius 1 is 0.975 bits per heavy atom. The van der Waals surface area contributed by atoms with Gasteiger partial charge in [0.1, 0.15) is 12.6 Å². The molecule has 0 aliphatic rings. The Bertz CT molecular complexity index is 1450. The van der Waals surface area contributed by atoms with E-state index in [1.165, 1.54) is 17.0 Å². The van der Waals surface area contributed by atoms with Gasteiger partial charge in [-0.1, -0.05) is 72.9 Å². The minimum Gasteiger partial charge on any atom is -0.354 e. The second-order valence-electron chi connectivity index (χ2n) is 9.62. The number of rotatable bonds is 12. The topological polar surface area (TPSA) is 86.8 Å². The van der Waals surface area contributed by atoms with Gasteiger partial charge in [0.2, 0.25) is 11.8 Å². The zero-order valence-electron chi connectivity index (χ0n) is 23.2. The molecule has 3 aromatic carbocycles. The Morgan fingerprint density at radius 3 is 2.33 bits per heavy atom. The first-order valence-corrected chi connectivity index (χ1v) is 15.3. The van der Waals surface area contributed by atoms with Crippen molar-refractivity contribution in [3.05, 3.63) is 93.5 Å². The van der Waals surface area contributed by atoms with Gasteiger partial charge < -0.3 is 10.2 Å². The van der Waals surface area contributed by atoms with Crippen LogP contribution in [0.15, 0.2) is 71.6 Å². The summed E-state index contributed by atoms with van der Waals surface area (Å²) < 4.78 is 29.0. The lowest BCUT2D eigenvalue weighted by atomic mass is 10.1. The number of nitrogens with one attached hydrogen (secondary N) is 1. The number of hydrogen-bond acceptors (Lipinski definition) is 4. The summed E-state index contributed by atoms with van der Waals surface area (Å²) in [4.78, 5) is 28.5. The number of carbonyl (C=O) groups excluding carboxylic acids is 2. The van der Waals surface area contributed by atoms with Crippen molar-refractivity contribution in [3.8, 4) is 0 Å². The average molecular weight is 605 g/mol. The highest BCUT2D eigenvalue weighted by molar-refractivity contribution is 7.92. The van der Waals surface area contributed by atoms with Crippen LogP contribution in [0.3, 0.4) is 0 Å². The number of sulfonamides is 1. The van der Waals surface area contributed by atoms with E-state index in [0.29, 0.717) is 27.8 Å². The standard InChI is InChI=1S/C30H35Cl2N3O4S/c1-5-6-17-33-30(37)23(4)34(19-24-15-16-25(31)18-27(24)32)29(36)20-35(28-14-10-11-21(2)22(28)3)40(38,39)26-12-8-7-9-13-26/h7-16,18,23H,5-6,17,19-20H2,1-4H3,(H,33,37)/t23-/m0/s1. The summed E-state index contributed by atoms with van der Waals surface area (Å²) >= 11 is 12.5. The highest BCUT2D eigenvalue weighted by Crippen LogP contribution is 2.29. The number of halogens is 2. The first-order chi connectivity index (χ1) is 19.0. The van der Waals surface area contributed by atoms with E-state index >= 15 is 0 Å². The van der Waals surface area contributed by atoms with E-state index in [9.17, 15) is 18.0 Å². The highest BCUT2D eigenvalue weighted by Gasteiger charge is 2.33. The normalized spacial score (nSPS) is 12.1. The van der Waals surface area contributed by atoms with Crippen molar-refractivity contribution < 1.29 is 18.0 Å². The number of carbonyl (C=O) groups is 2. The molecule has 1 atom stereocenters. The van der Waals surface area contributed by atoms with Crippen LogP contribution in [0.5, 0.6) is 0 Å². The smallest absolute Gasteiger partial charge is 0.264 e. The molecular formula is C30H35Cl2N3O4S. The van der Waals surface area contributed by atoms with Crippen LogP contribution in [0.25, 0.3) is 0 Å². The summed E-state index contributed by atoms with van der Waals surface area (Å²) in [5.41, 5.74) is 2.58. The van der Waals surface area contributed by atoms with Gasteiger partial charge in [0.05, 0.1) is 10.6 Å². The van der Waals surface area contributed by atoms with Gasteiger partial charge in [-0.2, -0.15) is 0 Å². The molecule has 3 rings (SSSR count). The fraction of sp³-hybridized carbons (Fsp3) is 0.333. The minimum absolute atomic E-state index is 0.0107. The third-order valence-electron chi connectivity index (χ3n) is 6.81. The summed E-state index contributed by atoms with van der Waals surface area (Å²) in [6.07, 6.45) is 1.70. The summed E-state index contributed by atoms with van der Waals surface area (Å²) in [7, 11) is -4.13. The second-order valence-corrected chi connectivity index (χ2v) is 12.3. The van der Waals surface area contributed by atoms with Gasteiger partial charge >= 0.3 is 0 Å². The van der Waals surface area contributed by atoms with Gasteiger partial charge in [0.15, 0.2) is 0 Å². The lowest BCUT2D eigenvalue weighted by molar-refractivity contribution is -0.139. The zero-order valence-corrected chi connectivity index (χ0v) is 25.5. The van der Waals surface area contributed by atoms with E-state index < -0.39 is 28.5 Å². The van der Waals surface area contributed by atoms with Crippen LogP contribution in [-0.2, 0) is 26.2 Å². The lowest BCUT2D eigenvalue weighted by Gasteiger charge is -2.32. The van der Waals surface area contributed by atoms with Crippen molar-refractivity contribution in [3.63, 3.8) is 0 Å². The van der Waals surface area contributed by atoms with E-state index in [2.05, 4.69) is 5.32 Å². The fourth-order valence-corrected chi connectivity index (χ4v) is 6.15. The van der Waals surface area contributed by atoms with E-state index in [0.717, 1.165) is 28.3 Å². The molecule has 1 N–H and O–H groups in total. The molecule has 0 saturated carbocycles. The molecule has 0 bridgehead atoms. The molecule has 0 spiro atoms. The number of nitrogens with zero attached hydrogens (tertiary/aromatic N) is 2. The predicted octanol–water partition coefficient (Wildman–Crippen LogP) is 6.14. The summed E-state index contributed by atoms with van der Waals surface area (Å²) in [5.74, 6) is -0.888. The summed E-state index contributed by atoms with van der Waals surface area (Å²) in [6, 6.07) is 17.3. The Hall–Kier alpha value is -3.07. The van der Waals surface area contributed by atoms with Crippen molar-refractivity contribution >= 4 is 50.7 Å². The molecule has 0 fully saturated rings. The molecule has 0 unspecified atom stereocenters. The molecule has 10 heteroatoms. The minimum atomic E-state index is -4.13. The van der Waals surface area contributed by atoms with Gasteiger partial charge in [-0.05, 0) is 74.2 Å². The Labute approximate surface area is 247 Å². The molecule has 0 heterocycles. The Balaban J connectivity index is 2.05. The number of hydrogen-bond donors (Lipinski definition) is 1. The molecule has 0 saturated heterocycles. The molecule has 3 aromatic rings. The third kappa shape index (κ3) is 7.56. The van der Waals surface area contributed by atoms with Crippen LogP contribution in [0, 0.1) is 13.8 Å². The first kappa shape index (κ1) is 31.5. The first-order valence-electron chi connectivity index (χ1n) is 13.1. The van der Waals surface area contributed by atoms with Crippen LogP contribution in [0.4, 0.5) is 5.69 Å². The quantitative estimate of drug-likeness (QED) is 0.252. The molecule has 0 aliphatic carbocycles. The SMILES string of the molecule is CCCCNC(=O)[C@H](C)N(Cc1ccc(Cl)cc1Cl)C(=O)CN(c1cccc(C)c1C)S(=O)(=O)c1ccccc1. The number of anilines is 1. The zero-order chi connectivity index (χ0) is 29.4. The number of unbranched alkanes of at least 4 members (excludes halogenated alkanes) is 1. The lowest BCUT2D eigenvalue weighted by Crippen LogP contribution is -2.51. The molecule has 40 heavy (non-hydrogen) atoms. The average Bonchev–Trinajstić information content (AvgIpc) is 2.93. The summed E-state index contributed by atoms with van der Waals surface area (Å²) in [6.45, 7) is 7.28. The van der Waals surface area contributed by atoms with Crippen LogP contribution in [0.2, 0.25) is 10.0 Å². The van der Waals surface area contributed by atoms with Crippen molar-refractivity contribution in [2.75, 3.05) is 17.4 Å². The van der Waals surface area contributed by atoms with Crippen molar-refractivity contribution in [1.29, 1.82) is 0 Å². The Kier molecular flexibility index (Phi) is 11.0. The number of benzene rings is 3. The molecule has 0 aromatic heterocycles. The fourth-order valence-electron chi connectivity index (χ4n) is 4.19.